The Morgan fingerprint density at radius 2 is 1.50 bits per heavy atom. The van der Waals surface area contributed by atoms with Crippen molar-refractivity contribution in [3.05, 3.63) is 35.9 Å². The van der Waals surface area contributed by atoms with Crippen molar-refractivity contribution in [3.63, 3.8) is 0 Å². The van der Waals surface area contributed by atoms with Gasteiger partial charge in [0, 0.05) is 0 Å². The molecule has 1 aromatic rings. The molecule has 18 heavy (non-hydrogen) atoms. The van der Waals surface area contributed by atoms with Crippen LogP contribution in [0.25, 0.3) is 0 Å². The second-order valence-electron chi connectivity index (χ2n) is 4.56. The van der Waals surface area contributed by atoms with Gasteiger partial charge >= 0.3 is 0 Å². The maximum atomic E-state index is 8.73. The van der Waals surface area contributed by atoms with E-state index in [9.17, 15) is 0 Å². The lowest BCUT2D eigenvalue weighted by atomic mass is 10.1. The van der Waals surface area contributed by atoms with Gasteiger partial charge in [0.15, 0.2) is 0 Å². The van der Waals surface area contributed by atoms with Crippen molar-refractivity contribution in [3.8, 4) is 0 Å². The molecule has 0 aromatic heterocycles. The van der Waals surface area contributed by atoms with E-state index in [0.29, 0.717) is 0 Å². The van der Waals surface area contributed by atoms with Gasteiger partial charge in [-0.3, -0.25) is 0 Å². The van der Waals surface area contributed by atoms with E-state index in [1.54, 1.807) is 0 Å². The molecule has 0 saturated heterocycles. The Labute approximate surface area is 112 Å². The van der Waals surface area contributed by atoms with Crippen LogP contribution in [0.5, 0.6) is 0 Å². The largest absolute Gasteiger partial charge is 0.316 e. The maximum Gasteiger partial charge on any atom is 0.0566 e. The Morgan fingerprint density at radius 1 is 0.944 bits per heavy atom. The van der Waals surface area contributed by atoms with E-state index in [1.807, 2.05) is 37.3 Å². The molecule has 1 rings (SSSR count). The van der Waals surface area contributed by atoms with E-state index in [1.165, 1.54) is 32.1 Å². The molecule has 104 valence electrons. The molecule has 0 saturated carbocycles. The highest BCUT2D eigenvalue weighted by Crippen LogP contribution is 2.14. The van der Waals surface area contributed by atoms with Crippen molar-refractivity contribution in [2.45, 2.75) is 65.3 Å². The number of unbranched alkanes of at least 4 members (excludes halogenated alkanes) is 4. The third-order valence-electron chi connectivity index (χ3n) is 2.97. The summed E-state index contributed by atoms with van der Waals surface area (Å²) < 4.78 is 0. The van der Waals surface area contributed by atoms with Gasteiger partial charge in [0.25, 0.3) is 0 Å². The molecule has 2 heteroatoms. The molecule has 0 heterocycles. The first-order chi connectivity index (χ1) is 8.79. The van der Waals surface area contributed by atoms with Crippen LogP contribution in [0.3, 0.4) is 0 Å². The molecule has 0 radical (unpaired) electrons. The van der Waals surface area contributed by atoms with Gasteiger partial charge in [-0.05, 0) is 12.0 Å². The minimum Gasteiger partial charge on any atom is -0.316 e. The fourth-order valence-corrected chi connectivity index (χ4v) is 1.76. The van der Waals surface area contributed by atoms with E-state index < -0.39 is 0 Å². The number of benzene rings is 1. The van der Waals surface area contributed by atoms with E-state index in [-0.39, 0.29) is 6.04 Å². The predicted octanol–water partition coefficient (Wildman–Crippen LogP) is 5.09. The van der Waals surface area contributed by atoms with Crippen LogP contribution in [-0.4, -0.2) is 5.21 Å². The average Bonchev–Trinajstić information content (AvgIpc) is 2.43. The Hall–Kier alpha value is -0.860. The van der Waals surface area contributed by atoms with Crippen molar-refractivity contribution in [1.82, 2.24) is 5.48 Å². The molecule has 1 unspecified atom stereocenters. The lowest BCUT2D eigenvalue weighted by Gasteiger charge is -2.11. The minimum absolute atomic E-state index is 0.0659. The summed E-state index contributed by atoms with van der Waals surface area (Å²) in [4.78, 5) is 0. The molecular formula is C16H29NO. The zero-order valence-electron chi connectivity index (χ0n) is 12.2. The SMILES string of the molecule is CCC(NO)c1ccccc1.CCCCCCC. The summed E-state index contributed by atoms with van der Waals surface area (Å²) in [6, 6.07) is 9.96. The topological polar surface area (TPSA) is 32.3 Å². The zero-order valence-corrected chi connectivity index (χ0v) is 12.2. The first kappa shape index (κ1) is 17.1. The number of rotatable bonds is 7. The highest BCUT2D eigenvalue weighted by Gasteiger charge is 2.04. The van der Waals surface area contributed by atoms with Crippen LogP contribution in [0.1, 0.15) is 70.9 Å². The van der Waals surface area contributed by atoms with Crippen LogP contribution in [0.4, 0.5) is 0 Å². The van der Waals surface area contributed by atoms with Gasteiger partial charge < -0.3 is 5.21 Å². The predicted molar refractivity (Wildman–Crippen MR) is 78.8 cm³/mol. The summed E-state index contributed by atoms with van der Waals surface area (Å²) in [6.45, 7) is 6.52. The van der Waals surface area contributed by atoms with Gasteiger partial charge in [0.2, 0.25) is 0 Å². The average molecular weight is 251 g/mol. The number of hydroxylamine groups is 1. The fraction of sp³-hybridized carbons (Fsp3) is 0.625. The van der Waals surface area contributed by atoms with E-state index >= 15 is 0 Å². The van der Waals surface area contributed by atoms with Crippen molar-refractivity contribution in [2.24, 2.45) is 0 Å². The van der Waals surface area contributed by atoms with Crippen LogP contribution >= 0.6 is 0 Å². The second-order valence-corrected chi connectivity index (χ2v) is 4.56. The fourth-order valence-electron chi connectivity index (χ4n) is 1.76. The summed E-state index contributed by atoms with van der Waals surface area (Å²) in [5.74, 6) is 0. The summed E-state index contributed by atoms with van der Waals surface area (Å²) in [5, 5.41) is 8.73. The minimum atomic E-state index is 0.0659. The van der Waals surface area contributed by atoms with E-state index in [0.717, 1.165) is 12.0 Å². The molecule has 1 atom stereocenters. The van der Waals surface area contributed by atoms with Crippen molar-refractivity contribution in [2.75, 3.05) is 0 Å². The Morgan fingerprint density at radius 3 is 1.89 bits per heavy atom. The number of hydrogen-bond acceptors (Lipinski definition) is 2. The van der Waals surface area contributed by atoms with Crippen LogP contribution in [0.15, 0.2) is 30.3 Å². The van der Waals surface area contributed by atoms with E-state index in [2.05, 4.69) is 19.3 Å². The van der Waals surface area contributed by atoms with Crippen molar-refractivity contribution in [1.29, 1.82) is 0 Å². The Balaban J connectivity index is 0.000000360. The lowest BCUT2D eigenvalue weighted by molar-refractivity contribution is 0.124. The number of nitrogens with one attached hydrogen (secondary N) is 1. The Kier molecular flexibility index (Phi) is 12.0. The van der Waals surface area contributed by atoms with Crippen LogP contribution in [0.2, 0.25) is 0 Å². The molecule has 1 aromatic carbocycles. The molecule has 0 aliphatic rings. The second kappa shape index (κ2) is 12.6. The van der Waals surface area contributed by atoms with Gasteiger partial charge in [0.05, 0.1) is 6.04 Å². The van der Waals surface area contributed by atoms with Gasteiger partial charge in [-0.2, -0.15) is 5.48 Å². The molecule has 2 nitrogen and oxygen atoms in total. The molecule has 0 fully saturated rings. The van der Waals surface area contributed by atoms with Crippen molar-refractivity contribution < 1.29 is 5.21 Å². The lowest BCUT2D eigenvalue weighted by Crippen LogP contribution is -2.15. The normalized spacial score (nSPS) is 11.6. The van der Waals surface area contributed by atoms with Crippen molar-refractivity contribution >= 4 is 0 Å². The first-order valence-electron chi connectivity index (χ1n) is 7.24. The molecule has 0 spiro atoms. The number of hydrogen-bond donors (Lipinski definition) is 2. The van der Waals surface area contributed by atoms with Gasteiger partial charge in [-0.1, -0.05) is 83.2 Å². The van der Waals surface area contributed by atoms with Gasteiger partial charge in [0.1, 0.15) is 0 Å². The summed E-state index contributed by atoms with van der Waals surface area (Å²) in [5.41, 5.74) is 3.39. The van der Waals surface area contributed by atoms with Gasteiger partial charge in [-0.15, -0.1) is 0 Å². The molecular weight excluding hydrogens is 222 g/mol. The summed E-state index contributed by atoms with van der Waals surface area (Å²) >= 11 is 0. The third-order valence-corrected chi connectivity index (χ3v) is 2.97. The van der Waals surface area contributed by atoms with Gasteiger partial charge in [-0.25, -0.2) is 0 Å². The van der Waals surface area contributed by atoms with Crippen LogP contribution in [0, 0.1) is 0 Å². The smallest absolute Gasteiger partial charge is 0.0566 e. The molecule has 0 aliphatic carbocycles. The maximum absolute atomic E-state index is 8.73. The summed E-state index contributed by atoms with van der Waals surface area (Å²) in [7, 11) is 0. The monoisotopic (exact) mass is 251 g/mol. The Bertz CT molecular complexity index is 253. The molecule has 2 N–H and O–H groups in total. The highest BCUT2D eigenvalue weighted by molar-refractivity contribution is 5.18. The van der Waals surface area contributed by atoms with Crippen LogP contribution < -0.4 is 5.48 Å². The quantitative estimate of drug-likeness (QED) is 0.522. The van der Waals surface area contributed by atoms with E-state index in [4.69, 9.17) is 5.21 Å². The highest BCUT2D eigenvalue weighted by atomic mass is 16.5. The first-order valence-corrected chi connectivity index (χ1v) is 7.24. The standard InChI is InChI=1S/C9H13NO.C7H16/c1-2-9(10-11)8-6-4-3-5-7-8;1-3-5-7-6-4-2/h3-7,9-11H,2H2,1H3;3-7H2,1-2H3. The zero-order chi connectivity index (χ0) is 13.6. The van der Waals surface area contributed by atoms with Crippen LogP contribution in [-0.2, 0) is 0 Å². The molecule has 0 bridgehead atoms. The molecule has 0 aliphatic heterocycles. The summed E-state index contributed by atoms with van der Waals surface area (Å²) in [6.07, 6.45) is 7.90. The third kappa shape index (κ3) is 8.26. The molecule has 0 amide bonds.